The normalized spacial score (nSPS) is 16.2. The molecule has 2 rings (SSSR count). The van der Waals surface area contributed by atoms with Gasteiger partial charge < -0.3 is 16.0 Å². The molecule has 0 bridgehead atoms. The summed E-state index contributed by atoms with van der Waals surface area (Å²) in [5, 5.41) is 5.35. The molecule has 1 aromatic heterocycles. The van der Waals surface area contributed by atoms with Crippen LogP contribution < -0.4 is 11.1 Å². The summed E-state index contributed by atoms with van der Waals surface area (Å²) in [6.07, 6.45) is 2.13. The van der Waals surface area contributed by atoms with Crippen LogP contribution in [0.1, 0.15) is 28.3 Å². The molecule has 0 aliphatic carbocycles. The average Bonchev–Trinajstić information content (AvgIpc) is 2.95. The third-order valence-electron chi connectivity index (χ3n) is 3.53. The van der Waals surface area contributed by atoms with Gasteiger partial charge in [0, 0.05) is 37.9 Å². The smallest absolute Gasteiger partial charge is 0.273 e. The fourth-order valence-electron chi connectivity index (χ4n) is 2.36. The number of nitrogens with one attached hydrogen (secondary N) is 1. The highest BCUT2D eigenvalue weighted by atomic mass is 32.1. The first-order valence-corrected chi connectivity index (χ1v) is 7.69. The lowest BCUT2D eigenvalue weighted by Gasteiger charge is -2.30. The molecule has 3 N–H and O–H groups in total. The van der Waals surface area contributed by atoms with Gasteiger partial charge in [0.05, 0.1) is 5.01 Å². The van der Waals surface area contributed by atoms with Crippen LogP contribution in [0.5, 0.6) is 0 Å². The van der Waals surface area contributed by atoms with E-state index in [-0.39, 0.29) is 17.7 Å². The first-order chi connectivity index (χ1) is 9.65. The highest BCUT2D eigenvalue weighted by Gasteiger charge is 2.28. The van der Waals surface area contributed by atoms with Gasteiger partial charge in [-0.25, -0.2) is 4.98 Å². The van der Waals surface area contributed by atoms with Crippen LogP contribution in [0.4, 0.5) is 0 Å². The van der Waals surface area contributed by atoms with Gasteiger partial charge in [-0.15, -0.1) is 11.3 Å². The number of nitrogens with zero attached hydrogens (tertiary/aromatic N) is 2. The van der Waals surface area contributed by atoms with Crippen molar-refractivity contribution in [2.45, 2.75) is 19.3 Å². The average molecular weight is 296 g/mol. The van der Waals surface area contributed by atoms with Crippen LogP contribution in [0.25, 0.3) is 0 Å². The summed E-state index contributed by atoms with van der Waals surface area (Å²) < 4.78 is 0. The second kappa shape index (κ2) is 6.81. The number of aromatic nitrogens is 1. The Hall–Kier alpha value is -1.47. The Morgan fingerprint density at radius 1 is 1.50 bits per heavy atom. The Morgan fingerprint density at radius 3 is 2.80 bits per heavy atom. The molecule has 110 valence electrons. The molecule has 1 aliphatic heterocycles. The molecule has 1 aliphatic rings. The summed E-state index contributed by atoms with van der Waals surface area (Å²) in [6, 6.07) is 0. The summed E-state index contributed by atoms with van der Waals surface area (Å²) in [5.41, 5.74) is 5.98. The molecule has 20 heavy (non-hydrogen) atoms. The van der Waals surface area contributed by atoms with Crippen LogP contribution in [-0.2, 0) is 11.2 Å². The molecular formula is C13H20N4O2S. The molecule has 0 spiro atoms. The van der Waals surface area contributed by atoms with E-state index >= 15 is 0 Å². The van der Waals surface area contributed by atoms with E-state index < -0.39 is 0 Å². The molecule has 7 heteroatoms. The highest BCUT2D eigenvalue weighted by molar-refractivity contribution is 7.09. The molecule has 1 saturated heterocycles. The van der Waals surface area contributed by atoms with Gasteiger partial charge in [0.2, 0.25) is 5.91 Å². The van der Waals surface area contributed by atoms with E-state index in [1.54, 1.807) is 17.3 Å². The Labute approximate surface area is 122 Å². The molecule has 6 nitrogen and oxygen atoms in total. The Kier molecular flexibility index (Phi) is 5.08. The van der Waals surface area contributed by atoms with Gasteiger partial charge in [-0.3, -0.25) is 9.59 Å². The van der Waals surface area contributed by atoms with Gasteiger partial charge in [-0.1, -0.05) is 0 Å². The zero-order chi connectivity index (χ0) is 14.5. The number of likely N-dealkylation sites (tertiary alicyclic amines) is 1. The van der Waals surface area contributed by atoms with Gasteiger partial charge >= 0.3 is 0 Å². The van der Waals surface area contributed by atoms with Crippen molar-refractivity contribution in [2.24, 2.45) is 11.7 Å². The molecular weight excluding hydrogens is 276 g/mol. The van der Waals surface area contributed by atoms with Crippen molar-refractivity contribution >= 4 is 23.2 Å². The van der Waals surface area contributed by atoms with Gasteiger partial charge in [-0.05, 0) is 19.4 Å². The van der Waals surface area contributed by atoms with Crippen molar-refractivity contribution in [3.05, 3.63) is 16.1 Å². The zero-order valence-corrected chi connectivity index (χ0v) is 12.4. The Morgan fingerprint density at radius 2 is 2.20 bits per heavy atom. The second-order valence-corrected chi connectivity index (χ2v) is 5.79. The van der Waals surface area contributed by atoms with E-state index in [4.69, 9.17) is 5.73 Å². The molecule has 0 aromatic carbocycles. The number of amides is 2. The largest absolute Gasteiger partial charge is 0.359 e. The van der Waals surface area contributed by atoms with Gasteiger partial charge in [-0.2, -0.15) is 0 Å². The van der Waals surface area contributed by atoms with E-state index in [9.17, 15) is 9.59 Å². The Bertz CT molecular complexity index is 480. The first-order valence-electron chi connectivity index (χ1n) is 6.81. The topological polar surface area (TPSA) is 88.3 Å². The maximum atomic E-state index is 12.3. The zero-order valence-electron chi connectivity index (χ0n) is 11.6. The fourth-order valence-corrected chi connectivity index (χ4v) is 3.15. The number of carbonyl (C=O) groups is 2. The van der Waals surface area contributed by atoms with Crippen molar-refractivity contribution in [2.75, 3.05) is 26.7 Å². The van der Waals surface area contributed by atoms with E-state index in [2.05, 4.69) is 10.3 Å². The van der Waals surface area contributed by atoms with Crippen LogP contribution in [0.2, 0.25) is 0 Å². The number of hydrogen-bond donors (Lipinski definition) is 2. The number of thiazole rings is 1. The van der Waals surface area contributed by atoms with Gasteiger partial charge in [0.1, 0.15) is 5.69 Å². The summed E-state index contributed by atoms with van der Waals surface area (Å²) in [4.78, 5) is 29.9. The van der Waals surface area contributed by atoms with Crippen LogP contribution in [0.15, 0.2) is 5.38 Å². The monoisotopic (exact) mass is 296 g/mol. The molecule has 2 amide bonds. The summed E-state index contributed by atoms with van der Waals surface area (Å²) in [5.74, 6) is 0.0446. The lowest BCUT2D eigenvalue weighted by molar-refractivity contribution is -0.125. The minimum absolute atomic E-state index is 0.0206. The standard InChI is InChI=1S/C13H20N4O2S/c1-15-12(18)9-3-6-17(7-4-9)13(19)10-8-20-11(16-10)2-5-14/h8-9H,2-7,14H2,1H3,(H,15,18). The van der Waals surface area contributed by atoms with Crippen molar-refractivity contribution in [1.29, 1.82) is 0 Å². The first kappa shape index (κ1) is 14.9. The maximum Gasteiger partial charge on any atom is 0.273 e. The van der Waals surface area contributed by atoms with E-state index in [1.165, 1.54) is 11.3 Å². The molecule has 0 unspecified atom stereocenters. The van der Waals surface area contributed by atoms with Crippen LogP contribution in [-0.4, -0.2) is 48.4 Å². The van der Waals surface area contributed by atoms with Gasteiger partial charge in [0.15, 0.2) is 0 Å². The van der Waals surface area contributed by atoms with E-state index in [1.807, 2.05) is 0 Å². The third-order valence-corrected chi connectivity index (χ3v) is 4.44. The lowest BCUT2D eigenvalue weighted by Crippen LogP contribution is -2.42. The van der Waals surface area contributed by atoms with Crippen molar-refractivity contribution < 1.29 is 9.59 Å². The number of nitrogens with two attached hydrogens (primary N) is 1. The fraction of sp³-hybridized carbons (Fsp3) is 0.615. The quantitative estimate of drug-likeness (QED) is 0.833. The number of rotatable bonds is 4. The number of carbonyl (C=O) groups excluding carboxylic acids is 2. The molecule has 1 aromatic rings. The Balaban J connectivity index is 1.92. The lowest BCUT2D eigenvalue weighted by atomic mass is 9.96. The van der Waals surface area contributed by atoms with Gasteiger partial charge in [0.25, 0.3) is 5.91 Å². The molecule has 0 saturated carbocycles. The molecule has 0 radical (unpaired) electrons. The summed E-state index contributed by atoms with van der Waals surface area (Å²) >= 11 is 1.47. The SMILES string of the molecule is CNC(=O)C1CCN(C(=O)c2csc(CCN)n2)CC1. The van der Waals surface area contributed by atoms with Crippen molar-refractivity contribution in [3.63, 3.8) is 0 Å². The highest BCUT2D eigenvalue weighted by Crippen LogP contribution is 2.20. The van der Waals surface area contributed by atoms with E-state index in [0.29, 0.717) is 44.6 Å². The predicted molar refractivity (Wildman–Crippen MR) is 77.6 cm³/mol. The van der Waals surface area contributed by atoms with Crippen LogP contribution in [0, 0.1) is 5.92 Å². The molecule has 1 fully saturated rings. The number of piperidine rings is 1. The third kappa shape index (κ3) is 3.34. The summed E-state index contributed by atoms with van der Waals surface area (Å²) in [7, 11) is 1.65. The minimum atomic E-state index is -0.0418. The van der Waals surface area contributed by atoms with E-state index in [0.717, 1.165) is 5.01 Å². The van der Waals surface area contributed by atoms with Crippen molar-refractivity contribution in [1.82, 2.24) is 15.2 Å². The predicted octanol–water partition coefficient (Wildman–Crippen LogP) is 0.243. The number of hydrogen-bond acceptors (Lipinski definition) is 5. The minimum Gasteiger partial charge on any atom is -0.359 e. The van der Waals surface area contributed by atoms with Crippen molar-refractivity contribution in [3.8, 4) is 0 Å². The molecule has 2 heterocycles. The van der Waals surface area contributed by atoms with Crippen LogP contribution in [0.3, 0.4) is 0 Å². The summed E-state index contributed by atoms with van der Waals surface area (Å²) in [6.45, 7) is 1.76. The second-order valence-electron chi connectivity index (χ2n) is 4.85. The maximum absolute atomic E-state index is 12.3. The van der Waals surface area contributed by atoms with Crippen LogP contribution >= 0.6 is 11.3 Å². The molecule has 0 atom stereocenters.